The van der Waals surface area contributed by atoms with Crippen molar-refractivity contribution in [1.82, 2.24) is 10.6 Å². The Morgan fingerprint density at radius 3 is 2.04 bits per heavy atom. The van der Waals surface area contributed by atoms with Crippen LogP contribution < -0.4 is 10.6 Å². The van der Waals surface area contributed by atoms with Crippen molar-refractivity contribution in [2.24, 2.45) is 5.92 Å². The molecular formula is C22H28N2OS. The fraction of sp³-hybridized carbons (Fsp3) is 0.409. The van der Waals surface area contributed by atoms with Gasteiger partial charge in [0.05, 0.1) is 17.1 Å². The summed E-state index contributed by atoms with van der Waals surface area (Å²) in [5.74, 6) is 0.180. The maximum absolute atomic E-state index is 12.0. The first-order valence-electron chi connectivity index (χ1n) is 9.40. The van der Waals surface area contributed by atoms with Crippen LogP contribution in [0.3, 0.4) is 0 Å². The minimum Gasteiger partial charge on any atom is -0.378 e. The molecule has 1 saturated heterocycles. The predicted molar refractivity (Wildman–Crippen MR) is 111 cm³/mol. The molecule has 0 spiro atoms. The zero-order valence-electron chi connectivity index (χ0n) is 15.5. The average Bonchev–Trinajstić information content (AvgIpc) is 3.21. The summed E-state index contributed by atoms with van der Waals surface area (Å²) in [6, 6.07) is 19.7. The molecule has 138 valence electrons. The van der Waals surface area contributed by atoms with E-state index in [0.29, 0.717) is 0 Å². The van der Waals surface area contributed by atoms with Gasteiger partial charge in [-0.2, -0.15) is 0 Å². The first-order chi connectivity index (χ1) is 12.5. The van der Waals surface area contributed by atoms with Gasteiger partial charge in [-0.1, -0.05) is 86.7 Å². The summed E-state index contributed by atoms with van der Waals surface area (Å²) in [7, 11) is 0. The molecule has 0 radical (unpaired) electrons. The van der Waals surface area contributed by atoms with Gasteiger partial charge < -0.3 is 15.7 Å². The Bertz CT molecular complexity index is 672. The minimum absolute atomic E-state index is 0.180. The molecule has 3 N–H and O–H groups in total. The predicted octanol–water partition coefficient (Wildman–Crippen LogP) is 3.62. The van der Waals surface area contributed by atoms with E-state index in [2.05, 4.69) is 24.5 Å². The van der Waals surface area contributed by atoms with Crippen molar-refractivity contribution in [2.45, 2.75) is 44.4 Å². The van der Waals surface area contributed by atoms with Gasteiger partial charge in [0.1, 0.15) is 5.60 Å². The highest BCUT2D eigenvalue weighted by atomic mass is 32.1. The fourth-order valence-electron chi connectivity index (χ4n) is 3.83. The molecule has 0 unspecified atom stereocenters. The molecule has 1 aliphatic rings. The van der Waals surface area contributed by atoms with Gasteiger partial charge in [-0.15, -0.1) is 0 Å². The van der Waals surface area contributed by atoms with E-state index in [9.17, 15) is 5.11 Å². The molecule has 1 fully saturated rings. The van der Waals surface area contributed by atoms with Crippen molar-refractivity contribution >= 4 is 17.2 Å². The van der Waals surface area contributed by atoms with E-state index in [1.807, 2.05) is 60.7 Å². The van der Waals surface area contributed by atoms with Crippen LogP contribution in [0, 0.1) is 5.92 Å². The Labute approximate surface area is 161 Å². The SMILES string of the molecule is CC(C)[C@H](NC(=S)[C@@H]1CCCN1)C(O)(c1ccccc1)c1ccccc1. The van der Waals surface area contributed by atoms with E-state index in [0.717, 1.165) is 35.5 Å². The van der Waals surface area contributed by atoms with Gasteiger partial charge in [0.25, 0.3) is 0 Å². The molecule has 26 heavy (non-hydrogen) atoms. The van der Waals surface area contributed by atoms with Gasteiger partial charge in [0.15, 0.2) is 0 Å². The third-order valence-corrected chi connectivity index (χ3v) is 5.62. The number of thiocarbonyl (C=S) groups is 1. The third kappa shape index (κ3) is 3.83. The summed E-state index contributed by atoms with van der Waals surface area (Å²) < 4.78 is 0. The number of hydrogen-bond acceptors (Lipinski definition) is 3. The molecular weight excluding hydrogens is 340 g/mol. The van der Waals surface area contributed by atoms with Crippen molar-refractivity contribution in [3.05, 3.63) is 71.8 Å². The summed E-state index contributed by atoms with van der Waals surface area (Å²) in [5.41, 5.74) is 0.582. The van der Waals surface area contributed by atoms with E-state index in [1.54, 1.807) is 0 Å². The van der Waals surface area contributed by atoms with Gasteiger partial charge in [-0.3, -0.25) is 0 Å². The fourth-order valence-corrected chi connectivity index (χ4v) is 4.15. The summed E-state index contributed by atoms with van der Waals surface area (Å²) in [5, 5.41) is 19.0. The lowest BCUT2D eigenvalue weighted by Gasteiger charge is -2.41. The van der Waals surface area contributed by atoms with Crippen LogP contribution in [-0.2, 0) is 5.60 Å². The van der Waals surface area contributed by atoms with Crippen LogP contribution in [0.1, 0.15) is 37.8 Å². The number of benzene rings is 2. The Morgan fingerprint density at radius 1 is 1.08 bits per heavy atom. The van der Waals surface area contributed by atoms with Crippen molar-refractivity contribution in [1.29, 1.82) is 0 Å². The lowest BCUT2D eigenvalue weighted by Crippen LogP contribution is -2.56. The van der Waals surface area contributed by atoms with E-state index in [4.69, 9.17) is 12.2 Å². The number of rotatable bonds is 6. The zero-order valence-corrected chi connectivity index (χ0v) is 16.3. The standard InChI is InChI=1S/C22H28N2OS/c1-16(2)20(24-21(26)19-14-9-15-23-19)22(25,17-10-5-3-6-11-17)18-12-7-4-8-13-18/h3-8,10-13,16,19-20,23,25H,9,14-15H2,1-2H3,(H,24,26)/t19-,20-/m0/s1. The molecule has 1 aliphatic heterocycles. The van der Waals surface area contributed by atoms with Crippen LogP contribution in [0.4, 0.5) is 0 Å². The monoisotopic (exact) mass is 368 g/mol. The van der Waals surface area contributed by atoms with Crippen LogP contribution in [0.15, 0.2) is 60.7 Å². The highest BCUT2D eigenvalue weighted by Gasteiger charge is 2.42. The molecule has 1 heterocycles. The second-order valence-electron chi connectivity index (χ2n) is 7.38. The summed E-state index contributed by atoms with van der Waals surface area (Å²) in [4.78, 5) is 0.798. The summed E-state index contributed by atoms with van der Waals surface area (Å²) >= 11 is 5.69. The van der Waals surface area contributed by atoms with Crippen molar-refractivity contribution in [2.75, 3.05) is 6.54 Å². The van der Waals surface area contributed by atoms with Crippen molar-refractivity contribution < 1.29 is 5.11 Å². The first-order valence-corrected chi connectivity index (χ1v) is 9.81. The second-order valence-corrected chi connectivity index (χ2v) is 7.82. The average molecular weight is 369 g/mol. The molecule has 0 aromatic heterocycles. The highest BCUT2D eigenvalue weighted by molar-refractivity contribution is 7.80. The quantitative estimate of drug-likeness (QED) is 0.682. The van der Waals surface area contributed by atoms with Crippen LogP contribution in [-0.4, -0.2) is 28.7 Å². The van der Waals surface area contributed by atoms with E-state index in [-0.39, 0.29) is 18.0 Å². The maximum Gasteiger partial charge on any atom is 0.135 e. The summed E-state index contributed by atoms with van der Waals surface area (Å²) in [6.45, 7) is 5.25. The number of aliphatic hydroxyl groups is 1. The number of hydrogen-bond donors (Lipinski definition) is 3. The van der Waals surface area contributed by atoms with E-state index in [1.165, 1.54) is 0 Å². The first kappa shape index (κ1) is 19.0. The molecule has 3 nitrogen and oxygen atoms in total. The smallest absolute Gasteiger partial charge is 0.135 e. The van der Waals surface area contributed by atoms with Crippen molar-refractivity contribution in [3.63, 3.8) is 0 Å². The minimum atomic E-state index is -1.17. The second kappa shape index (κ2) is 8.30. The van der Waals surface area contributed by atoms with Gasteiger partial charge in [0.2, 0.25) is 0 Å². The number of nitrogens with one attached hydrogen (secondary N) is 2. The Morgan fingerprint density at radius 2 is 1.62 bits per heavy atom. The molecule has 0 bridgehead atoms. The largest absolute Gasteiger partial charge is 0.378 e. The van der Waals surface area contributed by atoms with Gasteiger partial charge in [-0.25, -0.2) is 0 Å². The Hall–Kier alpha value is -1.75. The van der Waals surface area contributed by atoms with Crippen LogP contribution in [0.2, 0.25) is 0 Å². The van der Waals surface area contributed by atoms with Crippen LogP contribution in [0.5, 0.6) is 0 Å². The molecule has 2 aromatic rings. The molecule has 0 amide bonds. The van der Waals surface area contributed by atoms with E-state index < -0.39 is 5.60 Å². The molecule has 0 saturated carbocycles. The maximum atomic E-state index is 12.0. The highest BCUT2D eigenvalue weighted by Crippen LogP contribution is 2.36. The lowest BCUT2D eigenvalue weighted by molar-refractivity contribution is 0.0269. The third-order valence-electron chi connectivity index (χ3n) is 5.22. The normalized spacial score (nSPS) is 18.7. The molecule has 3 rings (SSSR count). The summed E-state index contributed by atoms with van der Waals surface area (Å²) in [6.07, 6.45) is 2.19. The molecule has 2 aromatic carbocycles. The van der Waals surface area contributed by atoms with Gasteiger partial charge >= 0.3 is 0 Å². The topological polar surface area (TPSA) is 44.3 Å². The van der Waals surface area contributed by atoms with Crippen LogP contribution >= 0.6 is 12.2 Å². The molecule has 0 aliphatic carbocycles. The Balaban J connectivity index is 2.01. The molecule has 4 heteroatoms. The Kier molecular flexibility index (Phi) is 6.07. The van der Waals surface area contributed by atoms with Crippen LogP contribution in [0.25, 0.3) is 0 Å². The molecule has 2 atom stereocenters. The zero-order chi connectivity index (χ0) is 18.6. The lowest BCUT2D eigenvalue weighted by atomic mass is 9.75. The van der Waals surface area contributed by atoms with E-state index >= 15 is 0 Å². The van der Waals surface area contributed by atoms with Gasteiger partial charge in [0, 0.05) is 0 Å². The van der Waals surface area contributed by atoms with Crippen molar-refractivity contribution in [3.8, 4) is 0 Å². The van der Waals surface area contributed by atoms with Gasteiger partial charge in [-0.05, 0) is 36.4 Å².